The van der Waals surface area contributed by atoms with Crippen LogP contribution < -0.4 is 5.32 Å². The average molecular weight is 221 g/mol. The van der Waals surface area contributed by atoms with Gasteiger partial charge in [0.2, 0.25) is 0 Å². The Labute approximate surface area is 88.2 Å². The normalized spacial score (nSPS) is 14.2. The molecule has 0 spiro atoms. The number of rotatable bonds is 8. The monoisotopic (exact) mass is 221 g/mol. The van der Waals surface area contributed by atoms with E-state index in [1.54, 1.807) is 0 Å². The molecule has 14 heavy (non-hydrogen) atoms. The smallest absolute Gasteiger partial charge is 0.151 e. The van der Waals surface area contributed by atoms with Gasteiger partial charge in [-0.2, -0.15) is 0 Å². The predicted molar refractivity (Wildman–Crippen MR) is 61.3 cm³/mol. The lowest BCUT2D eigenvalue weighted by Gasteiger charge is -2.15. The zero-order valence-electron chi connectivity index (χ0n) is 9.54. The Hall–Kier alpha value is -0.0900. The molecule has 86 valence electrons. The Kier molecular flexibility index (Phi) is 7.19. The molecule has 0 fully saturated rings. The van der Waals surface area contributed by atoms with Gasteiger partial charge in [-0.25, -0.2) is 8.42 Å². The van der Waals surface area contributed by atoms with Gasteiger partial charge in [-0.3, -0.25) is 0 Å². The van der Waals surface area contributed by atoms with Gasteiger partial charge in [-0.1, -0.05) is 27.2 Å². The van der Waals surface area contributed by atoms with Crippen molar-refractivity contribution in [2.24, 2.45) is 0 Å². The van der Waals surface area contributed by atoms with Crippen LogP contribution in [-0.2, 0) is 9.84 Å². The summed E-state index contributed by atoms with van der Waals surface area (Å²) in [4.78, 5) is 0. The standard InChI is InChI=1S/C10H23NO2S/c1-4-7-8-14(12,13)9-10(5-2)11-6-3/h10-11H,4-9H2,1-3H3. The fourth-order valence-corrected chi connectivity index (χ4v) is 3.23. The fourth-order valence-electron chi connectivity index (χ4n) is 1.36. The van der Waals surface area contributed by atoms with Crippen molar-refractivity contribution >= 4 is 9.84 Å². The van der Waals surface area contributed by atoms with Gasteiger partial charge in [0.05, 0.1) is 11.5 Å². The van der Waals surface area contributed by atoms with Crippen LogP contribution in [0.4, 0.5) is 0 Å². The van der Waals surface area contributed by atoms with Crippen molar-refractivity contribution in [3.63, 3.8) is 0 Å². The maximum atomic E-state index is 11.6. The minimum atomic E-state index is -2.84. The summed E-state index contributed by atoms with van der Waals surface area (Å²) in [6, 6.07) is 0.127. The van der Waals surface area contributed by atoms with Crippen molar-refractivity contribution in [1.29, 1.82) is 0 Å². The first-order chi connectivity index (χ1) is 6.55. The molecular weight excluding hydrogens is 198 g/mol. The van der Waals surface area contributed by atoms with Gasteiger partial charge >= 0.3 is 0 Å². The summed E-state index contributed by atoms with van der Waals surface area (Å²) in [7, 11) is -2.84. The van der Waals surface area contributed by atoms with Crippen LogP contribution in [-0.4, -0.2) is 32.5 Å². The Balaban J connectivity index is 4.04. The summed E-state index contributed by atoms with van der Waals surface area (Å²) in [5.41, 5.74) is 0. The molecule has 0 aromatic heterocycles. The number of unbranched alkanes of at least 4 members (excludes halogenated alkanes) is 1. The molecule has 0 aromatic rings. The molecule has 3 nitrogen and oxygen atoms in total. The molecule has 0 saturated carbocycles. The summed E-state index contributed by atoms with van der Waals surface area (Å²) in [5.74, 6) is 0.628. The van der Waals surface area contributed by atoms with E-state index in [1.807, 2.05) is 20.8 Å². The van der Waals surface area contributed by atoms with E-state index >= 15 is 0 Å². The highest BCUT2D eigenvalue weighted by molar-refractivity contribution is 7.91. The highest BCUT2D eigenvalue weighted by atomic mass is 32.2. The molecule has 1 atom stereocenters. The number of hydrogen-bond donors (Lipinski definition) is 1. The molecule has 0 aliphatic rings. The molecular formula is C10H23NO2S. The molecule has 0 aromatic carbocycles. The van der Waals surface area contributed by atoms with E-state index in [0.29, 0.717) is 5.75 Å². The summed E-state index contributed by atoms with van der Waals surface area (Å²) >= 11 is 0. The maximum absolute atomic E-state index is 11.6. The lowest BCUT2D eigenvalue weighted by molar-refractivity contribution is 0.532. The second-order valence-corrected chi connectivity index (χ2v) is 5.86. The zero-order valence-corrected chi connectivity index (χ0v) is 10.4. The second kappa shape index (κ2) is 7.23. The molecule has 1 unspecified atom stereocenters. The fraction of sp³-hybridized carbons (Fsp3) is 1.00. The van der Waals surface area contributed by atoms with Gasteiger partial charge in [0, 0.05) is 6.04 Å². The van der Waals surface area contributed by atoms with Crippen LogP contribution in [0.3, 0.4) is 0 Å². The van der Waals surface area contributed by atoms with E-state index in [4.69, 9.17) is 0 Å². The summed E-state index contributed by atoms with van der Waals surface area (Å²) in [6.07, 6.45) is 2.60. The van der Waals surface area contributed by atoms with Crippen LogP contribution in [0, 0.1) is 0 Å². The van der Waals surface area contributed by atoms with Crippen LogP contribution in [0.5, 0.6) is 0 Å². The van der Waals surface area contributed by atoms with Crippen molar-refractivity contribution in [3.8, 4) is 0 Å². The van der Waals surface area contributed by atoms with E-state index in [-0.39, 0.29) is 11.8 Å². The third kappa shape index (κ3) is 6.38. The largest absolute Gasteiger partial charge is 0.313 e. The lowest BCUT2D eigenvalue weighted by atomic mass is 10.2. The Morgan fingerprint density at radius 2 is 1.86 bits per heavy atom. The highest BCUT2D eigenvalue weighted by Crippen LogP contribution is 2.02. The molecule has 0 radical (unpaired) electrons. The Morgan fingerprint density at radius 1 is 1.21 bits per heavy atom. The van der Waals surface area contributed by atoms with Crippen LogP contribution in [0.2, 0.25) is 0 Å². The van der Waals surface area contributed by atoms with Crippen molar-refractivity contribution < 1.29 is 8.42 Å². The van der Waals surface area contributed by atoms with E-state index in [2.05, 4.69) is 5.32 Å². The van der Waals surface area contributed by atoms with Crippen LogP contribution >= 0.6 is 0 Å². The average Bonchev–Trinajstić information content (AvgIpc) is 2.14. The van der Waals surface area contributed by atoms with Gasteiger partial charge in [0.1, 0.15) is 0 Å². The van der Waals surface area contributed by atoms with Crippen LogP contribution in [0.1, 0.15) is 40.0 Å². The third-order valence-corrected chi connectivity index (χ3v) is 4.07. The maximum Gasteiger partial charge on any atom is 0.151 e. The number of nitrogens with one attached hydrogen (secondary N) is 1. The minimum Gasteiger partial charge on any atom is -0.313 e. The van der Waals surface area contributed by atoms with E-state index < -0.39 is 9.84 Å². The van der Waals surface area contributed by atoms with E-state index in [9.17, 15) is 8.42 Å². The minimum absolute atomic E-state index is 0.127. The number of hydrogen-bond acceptors (Lipinski definition) is 3. The molecule has 0 aliphatic carbocycles. The van der Waals surface area contributed by atoms with Crippen LogP contribution in [0.25, 0.3) is 0 Å². The first-order valence-electron chi connectivity index (χ1n) is 5.49. The first-order valence-corrected chi connectivity index (χ1v) is 7.31. The van der Waals surface area contributed by atoms with Gasteiger partial charge in [-0.05, 0) is 19.4 Å². The first kappa shape index (κ1) is 13.9. The number of sulfone groups is 1. The van der Waals surface area contributed by atoms with Crippen molar-refractivity contribution in [2.45, 2.75) is 46.1 Å². The van der Waals surface area contributed by atoms with E-state index in [1.165, 1.54) is 0 Å². The van der Waals surface area contributed by atoms with Crippen molar-refractivity contribution in [2.75, 3.05) is 18.1 Å². The van der Waals surface area contributed by atoms with Gasteiger partial charge < -0.3 is 5.32 Å². The van der Waals surface area contributed by atoms with Crippen LogP contribution in [0.15, 0.2) is 0 Å². The van der Waals surface area contributed by atoms with Gasteiger partial charge in [0.25, 0.3) is 0 Å². The molecule has 0 saturated heterocycles. The molecule has 0 aliphatic heterocycles. The highest BCUT2D eigenvalue weighted by Gasteiger charge is 2.16. The molecule has 0 heterocycles. The summed E-state index contributed by atoms with van der Waals surface area (Å²) in [6.45, 7) is 6.86. The van der Waals surface area contributed by atoms with E-state index in [0.717, 1.165) is 25.8 Å². The predicted octanol–water partition coefficient (Wildman–Crippen LogP) is 1.59. The topological polar surface area (TPSA) is 46.2 Å². The molecule has 0 bridgehead atoms. The lowest BCUT2D eigenvalue weighted by Crippen LogP contribution is -2.35. The molecule has 1 N–H and O–H groups in total. The Bertz CT molecular complexity index is 224. The third-order valence-electron chi connectivity index (χ3n) is 2.25. The van der Waals surface area contributed by atoms with Gasteiger partial charge in [0.15, 0.2) is 9.84 Å². The second-order valence-electron chi connectivity index (χ2n) is 3.63. The van der Waals surface area contributed by atoms with Crippen molar-refractivity contribution in [1.82, 2.24) is 5.32 Å². The molecule has 4 heteroatoms. The summed E-state index contributed by atoms with van der Waals surface area (Å²) in [5, 5.41) is 3.19. The molecule has 0 amide bonds. The Morgan fingerprint density at radius 3 is 2.29 bits per heavy atom. The summed E-state index contributed by atoms with van der Waals surface area (Å²) < 4.78 is 23.2. The quantitative estimate of drug-likeness (QED) is 0.677. The van der Waals surface area contributed by atoms with Crippen molar-refractivity contribution in [3.05, 3.63) is 0 Å². The molecule has 0 rings (SSSR count). The van der Waals surface area contributed by atoms with Gasteiger partial charge in [-0.15, -0.1) is 0 Å². The zero-order chi connectivity index (χ0) is 11.0. The SMILES string of the molecule is CCCCS(=O)(=O)CC(CC)NCC.